The second-order valence-corrected chi connectivity index (χ2v) is 6.53. The first kappa shape index (κ1) is 15.0. The van der Waals surface area contributed by atoms with E-state index in [-0.39, 0.29) is 6.04 Å². The summed E-state index contributed by atoms with van der Waals surface area (Å²) in [6.45, 7) is 5.73. The Morgan fingerprint density at radius 3 is 2.89 bits per heavy atom. The van der Waals surface area contributed by atoms with Crippen molar-refractivity contribution in [2.75, 3.05) is 6.54 Å². The van der Waals surface area contributed by atoms with Gasteiger partial charge < -0.3 is 5.73 Å². The summed E-state index contributed by atoms with van der Waals surface area (Å²) in [6.07, 6.45) is 7.72. The smallest absolute Gasteiger partial charge is 0.0510 e. The molecule has 0 spiro atoms. The maximum atomic E-state index is 6.46. The molecule has 2 nitrogen and oxygen atoms in total. The largest absolute Gasteiger partial charge is 0.326 e. The molecule has 1 aliphatic rings. The lowest BCUT2D eigenvalue weighted by atomic mass is 9.91. The second kappa shape index (κ2) is 7.41. The number of hydrogen-bond acceptors (Lipinski definition) is 3. The predicted molar refractivity (Wildman–Crippen MR) is 84.6 cm³/mol. The minimum Gasteiger partial charge on any atom is -0.326 e. The Bertz CT molecular complexity index is 348. The van der Waals surface area contributed by atoms with E-state index < -0.39 is 0 Å². The van der Waals surface area contributed by atoms with E-state index in [1.807, 2.05) is 0 Å². The highest BCUT2D eigenvalue weighted by Gasteiger charge is 2.32. The van der Waals surface area contributed by atoms with Crippen molar-refractivity contribution in [2.24, 2.45) is 5.73 Å². The Kier molecular flexibility index (Phi) is 5.86. The molecule has 2 rings (SSSR count). The van der Waals surface area contributed by atoms with Crippen molar-refractivity contribution in [1.82, 2.24) is 4.90 Å². The summed E-state index contributed by atoms with van der Waals surface area (Å²) in [4.78, 5) is 2.71. The first-order chi connectivity index (χ1) is 9.27. The maximum Gasteiger partial charge on any atom is 0.0510 e. The van der Waals surface area contributed by atoms with Gasteiger partial charge in [0.1, 0.15) is 0 Å². The van der Waals surface area contributed by atoms with E-state index in [0.717, 1.165) is 12.5 Å². The Balaban J connectivity index is 2.20. The fourth-order valence-electron chi connectivity index (χ4n) is 3.38. The van der Waals surface area contributed by atoms with Gasteiger partial charge in [-0.2, -0.15) is 11.3 Å². The second-order valence-electron chi connectivity index (χ2n) is 5.75. The van der Waals surface area contributed by atoms with Gasteiger partial charge in [-0.3, -0.25) is 4.90 Å². The molecule has 1 saturated heterocycles. The van der Waals surface area contributed by atoms with Crippen molar-refractivity contribution < 1.29 is 0 Å². The molecule has 19 heavy (non-hydrogen) atoms. The summed E-state index contributed by atoms with van der Waals surface area (Å²) in [6, 6.07) is 3.68. The van der Waals surface area contributed by atoms with Crippen LogP contribution in [-0.4, -0.2) is 23.5 Å². The minimum absolute atomic E-state index is 0.257. The van der Waals surface area contributed by atoms with Crippen LogP contribution in [0.25, 0.3) is 0 Å². The Labute approximate surface area is 122 Å². The van der Waals surface area contributed by atoms with Crippen LogP contribution >= 0.6 is 11.3 Å². The van der Waals surface area contributed by atoms with Crippen LogP contribution in [0.4, 0.5) is 0 Å². The van der Waals surface area contributed by atoms with Crippen LogP contribution in [0, 0.1) is 0 Å². The lowest BCUT2D eigenvalue weighted by Crippen LogP contribution is -2.48. The maximum absolute atomic E-state index is 6.46. The molecule has 0 bridgehead atoms. The molecule has 3 atom stereocenters. The monoisotopic (exact) mass is 280 g/mol. The van der Waals surface area contributed by atoms with E-state index in [0.29, 0.717) is 6.04 Å². The number of nitrogens with two attached hydrogens (primary N) is 1. The van der Waals surface area contributed by atoms with Crippen molar-refractivity contribution in [3.63, 3.8) is 0 Å². The molecule has 2 N–H and O–H groups in total. The first-order valence-corrected chi connectivity index (χ1v) is 8.75. The summed E-state index contributed by atoms with van der Waals surface area (Å²) in [5, 5.41) is 4.47. The zero-order valence-electron chi connectivity index (χ0n) is 12.3. The van der Waals surface area contributed by atoms with Crippen LogP contribution < -0.4 is 5.73 Å². The van der Waals surface area contributed by atoms with E-state index in [2.05, 4.69) is 35.6 Å². The highest BCUT2D eigenvalue weighted by molar-refractivity contribution is 7.07. The number of hydrogen-bond donors (Lipinski definition) is 1. The molecular formula is C16H28N2S. The lowest BCUT2D eigenvalue weighted by molar-refractivity contribution is 0.0728. The summed E-state index contributed by atoms with van der Waals surface area (Å²) < 4.78 is 0. The average molecular weight is 280 g/mol. The molecule has 0 aliphatic carbocycles. The molecule has 0 radical (unpaired) electrons. The SMILES string of the molecule is CCCC1CCCCN1C(c1ccsc1)C(N)CC. The zero-order valence-corrected chi connectivity index (χ0v) is 13.2. The van der Waals surface area contributed by atoms with Gasteiger partial charge in [-0.05, 0) is 54.6 Å². The van der Waals surface area contributed by atoms with Gasteiger partial charge in [-0.25, -0.2) is 0 Å². The fourth-order valence-corrected chi connectivity index (χ4v) is 4.07. The fraction of sp³-hybridized carbons (Fsp3) is 0.750. The molecule has 0 saturated carbocycles. The minimum atomic E-state index is 0.257. The number of nitrogens with zero attached hydrogens (tertiary/aromatic N) is 1. The van der Waals surface area contributed by atoms with Crippen LogP contribution in [-0.2, 0) is 0 Å². The van der Waals surface area contributed by atoms with E-state index in [1.165, 1.54) is 44.2 Å². The van der Waals surface area contributed by atoms with Crippen molar-refractivity contribution in [2.45, 2.75) is 70.5 Å². The standard InChI is InChI=1S/C16H28N2S/c1-3-7-14-8-5-6-10-18(14)16(15(17)4-2)13-9-11-19-12-13/h9,11-12,14-16H,3-8,10,17H2,1-2H3. The molecule has 1 fully saturated rings. The number of piperidine rings is 1. The van der Waals surface area contributed by atoms with Gasteiger partial charge in [0.25, 0.3) is 0 Å². The molecule has 2 heterocycles. The third kappa shape index (κ3) is 3.59. The van der Waals surface area contributed by atoms with Crippen molar-refractivity contribution >= 4 is 11.3 Å². The van der Waals surface area contributed by atoms with Crippen molar-refractivity contribution in [3.05, 3.63) is 22.4 Å². The Morgan fingerprint density at radius 2 is 2.26 bits per heavy atom. The molecule has 1 aromatic heterocycles. The van der Waals surface area contributed by atoms with Crippen LogP contribution in [0.5, 0.6) is 0 Å². The number of thiophene rings is 1. The molecule has 3 unspecified atom stereocenters. The summed E-state index contributed by atoms with van der Waals surface area (Å²) in [5.41, 5.74) is 7.89. The molecule has 1 aromatic rings. The van der Waals surface area contributed by atoms with Gasteiger partial charge in [0.05, 0.1) is 6.04 Å². The number of rotatable bonds is 6. The Morgan fingerprint density at radius 1 is 1.42 bits per heavy atom. The average Bonchev–Trinajstić information content (AvgIpc) is 2.95. The molecule has 0 amide bonds. The molecule has 1 aliphatic heterocycles. The lowest BCUT2D eigenvalue weighted by Gasteiger charge is -2.43. The van der Waals surface area contributed by atoms with Gasteiger partial charge in [0.2, 0.25) is 0 Å². The third-order valence-electron chi connectivity index (χ3n) is 4.41. The molecule has 3 heteroatoms. The van der Waals surface area contributed by atoms with E-state index in [9.17, 15) is 0 Å². The van der Waals surface area contributed by atoms with Crippen LogP contribution in [0.15, 0.2) is 16.8 Å². The topological polar surface area (TPSA) is 29.3 Å². The summed E-state index contributed by atoms with van der Waals surface area (Å²) in [5.74, 6) is 0. The number of likely N-dealkylation sites (tertiary alicyclic amines) is 1. The Hall–Kier alpha value is -0.380. The van der Waals surface area contributed by atoms with Gasteiger partial charge in [-0.1, -0.05) is 26.7 Å². The van der Waals surface area contributed by atoms with Crippen molar-refractivity contribution in [3.8, 4) is 0 Å². The van der Waals surface area contributed by atoms with Crippen LogP contribution in [0.1, 0.15) is 64.0 Å². The molecule has 0 aromatic carbocycles. The highest BCUT2D eigenvalue weighted by atomic mass is 32.1. The van der Waals surface area contributed by atoms with Gasteiger partial charge in [0, 0.05) is 12.1 Å². The van der Waals surface area contributed by atoms with Crippen molar-refractivity contribution in [1.29, 1.82) is 0 Å². The summed E-state index contributed by atoms with van der Waals surface area (Å²) in [7, 11) is 0. The van der Waals surface area contributed by atoms with E-state index in [4.69, 9.17) is 5.73 Å². The zero-order chi connectivity index (χ0) is 13.7. The van der Waals surface area contributed by atoms with Crippen LogP contribution in [0.2, 0.25) is 0 Å². The molecular weight excluding hydrogens is 252 g/mol. The normalized spacial score (nSPS) is 24.3. The third-order valence-corrected chi connectivity index (χ3v) is 5.12. The van der Waals surface area contributed by atoms with Gasteiger partial charge in [-0.15, -0.1) is 0 Å². The van der Waals surface area contributed by atoms with E-state index >= 15 is 0 Å². The molecule has 108 valence electrons. The highest BCUT2D eigenvalue weighted by Crippen LogP contribution is 2.34. The van der Waals surface area contributed by atoms with Crippen LogP contribution in [0.3, 0.4) is 0 Å². The first-order valence-electron chi connectivity index (χ1n) is 7.81. The van der Waals surface area contributed by atoms with Gasteiger partial charge in [0.15, 0.2) is 0 Å². The quantitative estimate of drug-likeness (QED) is 0.847. The predicted octanol–water partition coefficient (Wildman–Crippen LogP) is 4.18. The van der Waals surface area contributed by atoms with E-state index in [1.54, 1.807) is 11.3 Å². The summed E-state index contributed by atoms with van der Waals surface area (Å²) >= 11 is 1.79. The van der Waals surface area contributed by atoms with Gasteiger partial charge >= 0.3 is 0 Å².